The van der Waals surface area contributed by atoms with Gasteiger partial charge in [0.05, 0.1) is 0 Å². The van der Waals surface area contributed by atoms with Crippen molar-refractivity contribution in [1.82, 2.24) is 9.88 Å². The van der Waals surface area contributed by atoms with Gasteiger partial charge in [0.2, 0.25) is 5.91 Å². The van der Waals surface area contributed by atoms with E-state index in [0.717, 1.165) is 18.2 Å². The normalized spacial score (nSPS) is 21.1. The number of nitrogens with one attached hydrogen (secondary N) is 1. The van der Waals surface area contributed by atoms with Crippen LogP contribution in [0.1, 0.15) is 59.6 Å². The molecule has 4 rings (SSSR count). The summed E-state index contributed by atoms with van der Waals surface area (Å²) >= 11 is 0. The van der Waals surface area contributed by atoms with Crippen LogP contribution in [-0.4, -0.2) is 23.3 Å². The van der Waals surface area contributed by atoms with Crippen LogP contribution >= 0.6 is 0 Å². The maximum absolute atomic E-state index is 12.5. The third kappa shape index (κ3) is 3.61. The molecular formula is C23H26N2O2. The van der Waals surface area contributed by atoms with Gasteiger partial charge >= 0.3 is 0 Å². The van der Waals surface area contributed by atoms with Crippen LogP contribution in [0.3, 0.4) is 0 Å². The van der Waals surface area contributed by atoms with E-state index in [2.05, 4.69) is 28.1 Å². The molecule has 2 aromatic rings. The number of carbonyl (C=O) groups is 2. The van der Waals surface area contributed by atoms with Gasteiger partial charge in [-0.2, -0.15) is 0 Å². The van der Waals surface area contributed by atoms with Gasteiger partial charge in [-0.1, -0.05) is 55.7 Å². The topological polar surface area (TPSA) is 51.1 Å². The van der Waals surface area contributed by atoms with Crippen molar-refractivity contribution in [2.24, 2.45) is 0 Å². The number of aromatic nitrogens is 1. The van der Waals surface area contributed by atoms with E-state index in [1.165, 1.54) is 48.7 Å². The van der Waals surface area contributed by atoms with Crippen LogP contribution in [-0.2, 0) is 17.8 Å². The van der Waals surface area contributed by atoms with Gasteiger partial charge in [0, 0.05) is 35.1 Å². The number of carbonyl (C=O) groups excluding carboxylic acids is 2. The summed E-state index contributed by atoms with van der Waals surface area (Å²) in [5.74, 6) is 0.545. The first kappa shape index (κ1) is 17.8. The predicted octanol–water partition coefficient (Wildman–Crippen LogP) is 4.29. The average Bonchev–Trinajstić information content (AvgIpc) is 2.98. The summed E-state index contributed by atoms with van der Waals surface area (Å²) < 4.78 is 2.14. The van der Waals surface area contributed by atoms with Gasteiger partial charge in [-0.25, -0.2) is 0 Å². The van der Waals surface area contributed by atoms with Gasteiger partial charge in [0.25, 0.3) is 0 Å². The number of benzene rings is 1. The largest absolute Gasteiger partial charge is 0.351 e. The fourth-order valence-electron chi connectivity index (χ4n) is 4.54. The molecule has 1 saturated carbocycles. The van der Waals surface area contributed by atoms with E-state index in [1.807, 2.05) is 24.3 Å². The standard InChI is InChI=1S/C23H26N2O2/c26-16-17-11-12-19-21(14-17)25-15-22(27)24-13-7-2-1-6-10-20(25)23(19)18-8-4-3-5-9-18/h1-2,6-7,11-12,14,16,18H,3-5,8-10,13,15H2,(H,24,27)/b6-1-,7-2-. The van der Waals surface area contributed by atoms with Crippen LogP contribution in [0, 0.1) is 0 Å². The Morgan fingerprint density at radius 2 is 1.89 bits per heavy atom. The Bertz CT molecular complexity index is 914. The zero-order chi connectivity index (χ0) is 18.6. The third-order valence-electron chi connectivity index (χ3n) is 5.80. The monoisotopic (exact) mass is 362 g/mol. The molecule has 1 aromatic heterocycles. The molecule has 140 valence electrons. The summed E-state index contributed by atoms with van der Waals surface area (Å²) in [6.45, 7) is 0.829. The minimum atomic E-state index is 0.00593. The Kier molecular flexibility index (Phi) is 5.23. The van der Waals surface area contributed by atoms with E-state index < -0.39 is 0 Å². The maximum atomic E-state index is 12.5. The Morgan fingerprint density at radius 3 is 2.70 bits per heavy atom. The molecule has 0 radical (unpaired) electrons. The van der Waals surface area contributed by atoms with Gasteiger partial charge in [-0.3, -0.25) is 9.59 Å². The summed E-state index contributed by atoms with van der Waals surface area (Å²) in [6.07, 6.45) is 16.1. The number of rotatable bonds is 2. The Morgan fingerprint density at radius 1 is 1.07 bits per heavy atom. The molecule has 0 unspecified atom stereocenters. The van der Waals surface area contributed by atoms with Crippen molar-refractivity contribution in [3.05, 3.63) is 59.3 Å². The lowest BCUT2D eigenvalue weighted by atomic mass is 9.82. The molecule has 0 saturated heterocycles. The second-order valence-corrected chi connectivity index (χ2v) is 7.54. The van der Waals surface area contributed by atoms with Crippen LogP contribution in [0.2, 0.25) is 0 Å². The van der Waals surface area contributed by atoms with Crippen LogP contribution in [0.15, 0.2) is 42.5 Å². The summed E-state index contributed by atoms with van der Waals surface area (Å²) in [7, 11) is 0. The first-order chi connectivity index (χ1) is 13.3. The summed E-state index contributed by atoms with van der Waals surface area (Å²) in [6, 6.07) is 5.92. The fourth-order valence-corrected chi connectivity index (χ4v) is 4.54. The molecule has 1 aromatic carbocycles. The molecular weight excluding hydrogens is 336 g/mol. The third-order valence-corrected chi connectivity index (χ3v) is 5.80. The van der Waals surface area contributed by atoms with E-state index in [-0.39, 0.29) is 5.91 Å². The molecule has 1 amide bonds. The fraction of sp³-hybridized carbons (Fsp3) is 0.391. The molecule has 0 spiro atoms. The SMILES string of the molecule is O=Cc1ccc2c(C3CCCCC3)c3n(c2c1)CC(=O)NC/C=C\C=C/C3. The molecule has 1 N–H and O–H groups in total. The summed E-state index contributed by atoms with van der Waals surface area (Å²) in [4.78, 5) is 23.9. The zero-order valence-electron chi connectivity index (χ0n) is 15.6. The maximum Gasteiger partial charge on any atom is 0.240 e. The highest BCUT2D eigenvalue weighted by Gasteiger charge is 2.25. The number of amides is 1. The van der Waals surface area contributed by atoms with Crippen molar-refractivity contribution in [1.29, 1.82) is 0 Å². The van der Waals surface area contributed by atoms with Crippen molar-refractivity contribution in [2.45, 2.75) is 51.0 Å². The molecule has 4 heteroatoms. The number of nitrogens with zero attached hydrogens (tertiary/aromatic N) is 1. The summed E-state index contributed by atoms with van der Waals surface area (Å²) in [5.41, 5.74) is 4.28. The number of hydrogen-bond acceptors (Lipinski definition) is 2. The van der Waals surface area contributed by atoms with Crippen molar-refractivity contribution >= 4 is 23.1 Å². The van der Waals surface area contributed by atoms with Crippen LogP contribution in [0.5, 0.6) is 0 Å². The van der Waals surface area contributed by atoms with E-state index in [4.69, 9.17) is 0 Å². The van der Waals surface area contributed by atoms with Crippen molar-refractivity contribution in [3.8, 4) is 0 Å². The highest BCUT2D eigenvalue weighted by atomic mass is 16.2. The molecule has 4 nitrogen and oxygen atoms in total. The van der Waals surface area contributed by atoms with Gasteiger partial charge in [0.1, 0.15) is 12.8 Å². The van der Waals surface area contributed by atoms with E-state index in [0.29, 0.717) is 24.6 Å². The lowest BCUT2D eigenvalue weighted by Gasteiger charge is -2.23. The van der Waals surface area contributed by atoms with E-state index in [1.54, 1.807) is 0 Å². The number of fused-ring (bicyclic) bond motifs is 3. The second kappa shape index (κ2) is 7.95. The molecule has 1 aliphatic carbocycles. The first-order valence-corrected chi connectivity index (χ1v) is 9.96. The average molecular weight is 362 g/mol. The Labute approximate surface area is 159 Å². The number of hydrogen-bond donors (Lipinski definition) is 1. The van der Waals surface area contributed by atoms with Crippen LogP contribution < -0.4 is 5.32 Å². The summed E-state index contributed by atoms with van der Waals surface area (Å²) in [5, 5.41) is 4.16. The Hall–Kier alpha value is -2.62. The van der Waals surface area contributed by atoms with Gasteiger partial charge < -0.3 is 9.88 Å². The van der Waals surface area contributed by atoms with Gasteiger partial charge in [0.15, 0.2) is 0 Å². The smallest absolute Gasteiger partial charge is 0.240 e. The molecule has 1 aliphatic heterocycles. The van der Waals surface area contributed by atoms with E-state index >= 15 is 0 Å². The minimum Gasteiger partial charge on any atom is -0.351 e. The molecule has 2 aliphatic rings. The second-order valence-electron chi connectivity index (χ2n) is 7.54. The minimum absolute atomic E-state index is 0.00593. The highest BCUT2D eigenvalue weighted by Crippen LogP contribution is 2.40. The number of allylic oxidation sites excluding steroid dienone is 3. The molecule has 0 bridgehead atoms. The molecule has 0 atom stereocenters. The van der Waals surface area contributed by atoms with Gasteiger partial charge in [-0.05, 0) is 30.4 Å². The zero-order valence-corrected chi connectivity index (χ0v) is 15.6. The predicted molar refractivity (Wildman–Crippen MR) is 108 cm³/mol. The number of aldehydes is 1. The lowest BCUT2D eigenvalue weighted by molar-refractivity contribution is -0.121. The van der Waals surface area contributed by atoms with Crippen LogP contribution in [0.4, 0.5) is 0 Å². The van der Waals surface area contributed by atoms with E-state index in [9.17, 15) is 9.59 Å². The van der Waals surface area contributed by atoms with Gasteiger partial charge in [-0.15, -0.1) is 0 Å². The molecule has 27 heavy (non-hydrogen) atoms. The molecule has 1 fully saturated rings. The van der Waals surface area contributed by atoms with Crippen LogP contribution in [0.25, 0.3) is 10.9 Å². The highest BCUT2D eigenvalue weighted by molar-refractivity contribution is 5.92. The quantitative estimate of drug-likeness (QED) is 0.811. The first-order valence-electron chi connectivity index (χ1n) is 9.96. The van der Waals surface area contributed by atoms with Crippen molar-refractivity contribution in [2.75, 3.05) is 6.54 Å². The molecule has 2 heterocycles. The Balaban J connectivity index is 1.92. The van der Waals surface area contributed by atoms with Crippen molar-refractivity contribution < 1.29 is 9.59 Å². The van der Waals surface area contributed by atoms with Crippen molar-refractivity contribution in [3.63, 3.8) is 0 Å². The lowest BCUT2D eigenvalue weighted by Crippen LogP contribution is -2.28.